The molecular weight excluding hydrogens is 363 g/mol. The summed E-state index contributed by atoms with van der Waals surface area (Å²) in [5, 5.41) is 6.14. The van der Waals surface area contributed by atoms with Crippen LogP contribution in [0.4, 0.5) is 0 Å². The van der Waals surface area contributed by atoms with Crippen LogP contribution in [-0.4, -0.2) is 45.0 Å². The highest BCUT2D eigenvalue weighted by Gasteiger charge is 2.17. The maximum atomic E-state index is 11.9. The third kappa shape index (κ3) is 7.45. The largest absolute Gasteiger partial charge is 0.353 e. The molecule has 2 heterocycles. The van der Waals surface area contributed by atoms with Crippen molar-refractivity contribution in [3.8, 4) is 0 Å². The normalized spacial score (nSPS) is 15.1. The van der Waals surface area contributed by atoms with Gasteiger partial charge in [-0.05, 0) is 38.1 Å². The first-order chi connectivity index (χ1) is 10.1. The molecule has 1 saturated heterocycles. The van der Waals surface area contributed by atoms with Gasteiger partial charge in [-0.3, -0.25) is 9.78 Å². The smallest absolute Gasteiger partial charge is 0.242 e. The van der Waals surface area contributed by atoms with Gasteiger partial charge in [-0.25, -0.2) is 13.1 Å². The van der Waals surface area contributed by atoms with Gasteiger partial charge in [-0.2, -0.15) is 0 Å². The second-order valence-electron chi connectivity index (χ2n) is 4.93. The van der Waals surface area contributed by atoms with Crippen LogP contribution >= 0.6 is 24.8 Å². The van der Waals surface area contributed by atoms with Gasteiger partial charge in [0.25, 0.3) is 0 Å². The summed E-state index contributed by atoms with van der Waals surface area (Å²) in [4.78, 5) is 15.6. The van der Waals surface area contributed by atoms with Gasteiger partial charge in [0.15, 0.2) is 0 Å². The lowest BCUT2D eigenvalue weighted by Gasteiger charge is -2.23. The molecule has 0 aliphatic carbocycles. The highest BCUT2D eigenvalue weighted by atomic mass is 35.5. The number of nitrogens with zero attached hydrogens (tertiary/aromatic N) is 1. The van der Waals surface area contributed by atoms with Crippen LogP contribution in [0.2, 0.25) is 0 Å². The van der Waals surface area contributed by atoms with Gasteiger partial charge in [0, 0.05) is 31.4 Å². The minimum atomic E-state index is -3.59. The number of sulfonamides is 1. The fourth-order valence-corrected chi connectivity index (χ4v) is 3.15. The maximum Gasteiger partial charge on any atom is 0.242 e. The van der Waals surface area contributed by atoms with Crippen molar-refractivity contribution in [3.05, 3.63) is 24.5 Å². The fourth-order valence-electron chi connectivity index (χ4n) is 2.15. The minimum Gasteiger partial charge on any atom is -0.353 e. The fraction of sp³-hybridized carbons (Fsp3) is 0.538. The predicted molar refractivity (Wildman–Crippen MR) is 92.6 cm³/mol. The Morgan fingerprint density at radius 2 is 2.00 bits per heavy atom. The number of aromatic nitrogens is 1. The van der Waals surface area contributed by atoms with Gasteiger partial charge in [0.05, 0.1) is 0 Å². The van der Waals surface area contributed by atoms with Gasteiger partial charge >= 0.3 is 0 Å². The van der Waals surface area contributed by atoms with E-state index in [9.17, 15) is 13.2 Å². The Morgan fingerprint density at radius 1 is 1.30 bits per heavy atom. The summed E-state index contributed by atoms with van der Waals surface area (Å²) < 4.78 is 26.2. The Kier molecular flexibility index (Phi) is 10.3. The predicted octanol–water partition coefficient (Wildman–Crippen LogP) is 0.462. The van der Waals surface area contributed by atoms with Gasteiger partial charge in [-0.15, -0.1) is 24.8 Å². The zero-order valence-corrected chi connectivity index (χ0v) is 15.0. The van der Waals surface area contributed by atoms with Crippen molar-refractivity contribution < 1.29 is 13.2 Å². The van der Waals surface area contributed by atoms with Crippen molar-refractivity contribution in [1.29, 1.82) is 0 Å². The van der Waals surface area contributed by atoms with E-state index in [2.05, 4.69) is 20.3 Å². The van der Waals surface area contributed by atoms with E-state index in [1.54, 1.807) is 6.07 Å². The summed E-state index contributed by atoms with van der Waals surface area (Å²) in [6, 6.07) is 3.21. The summed E-state index contributed by atoms with van der Waals surface area (Å²) >= 11 is 0. The van der Waals surface area contributed by atoms with Crippen LogP contribution in [0.1, 0.15) is 19.3 Å². The highest BCUT2D eigenvalue weighted by molar-refractivity contribution is 7.89. The molecule has 1 aromatic rings. The van der Waals surface area contributed by atoms with E-state index in [-0.39, 0.29) is 54.6 Å². The van der Waals surface area contributed by atoms with Crippen LogP contribution in [-0.2, 0) is 14.8 Å². The van der Waals surface area contributed by atoms with E-state index >= 15 is 0 Å². The summed E-state index contributed by atoms with van der Waals surface area (Å²) in [7, 11) is -3.59. The topological polar surface area (TPSA) is 100 Å². The van der Waals surface area contributed by atoms with E-state index in [0.29, 0.717) is 0 Å². The second-order valence-corrected chi connectivity index (χ2v) is 6.70. The molecule has 1 aromatic heterocycles. The first-order valence-electron chi connectivity index (χ1n) is 6.98. The van der Waals surface area contributed by atoms with Crippen molar-refractivity contribution >= 4 is 40.7 Å². The quantitative estimate of drug-likeness (QED) is 0.661. The van der Waals surface area contributed by atoms with Crippen LogP contribution in [0, 0.1) is 0 Å². The molecule has 0 radical (unpaired) electrons. The molecule has 1 aliphatic rings. The molecule has 2 rings (SSSR count). The molecule has 1 aliphatic heterocycles. The third-order valence-corrected chi connectivity index (χ3v) is 4.74. The molecule has 0 aromatic carbocycles. The molecule has 132 valence electrons. The molecule has 0 unspecified atom stereocenters. The maximum absolute atomic E-state index is 11.9. The Hall–Kier alpha value is -0.930. The Morgan fingerprint density at radius 3 is 2.61 bits per heavy atom. The van der Waals surface area contributed by atoms with Crippen LogP contribution in [0.3, 0.4) is 0 Å². The minimum absolute atomic E-state index is 0. The average molecular weight is 385 g/mol. The summed E-state index contributed by atoms with van der Waals surface area (Å²) in [6.07, 6.45) is 4.73. The molecule has 10 heteroatoms. The number of piperidine rings is 1. The molecule has 1 amide bonds. The average Bonchev–Trinajstić information content (AvgIpc) is 2.49. The molecule has 3 N–H and O–H groups in total. The Labute approximate surface area is 148 Å². The Bertz CT molecular complexity index is 566. The second kappa shape index (κ2) is 10.8. The summed E-state index contributed by atoms with van der Waals surface area (Å²) in [5.74, 6) is -0.129. The molecule has 0 saturated carbocycles. The van der Waals surface area contributed by atoms with E-state index in [1.807, 2.05) is 0 Å². The number of amides is 1. The number of carbonyl (C=O) groups is 1. The van der Waals surface area contributed by atoms with Crippen LogP contribution < -0.4 is 15.4 Å². The summed E-state index contributed by atoms with van der Waals surface area (Å²) in [6.45, 7) is 1.88. The van der Waals surface area contributed by atoms with Gasteiger partial charge in [0.1, 0.15) is 4.90 Å². The number of hydrogen-bond acceptors (Lipinski definition) is 5. The number of pyridine rings is 1. The lowest BCUT2D eigenvalue weighted by molar-refractivity contribution is -0.121. The number of hydrogen-bond donors (Lipinski definition) is 3. The van der Waals surface area contributed by atoms with E-state index < -0.39 is 10.0 Å². The van der Waals surface area contributed by atoms with Gasteiger partial charge < -0.3 is 10.6 Å². The number of carbonyl (C=O) groups excluding carboxylic acids is 1. The molecule has 23 heavy (non-hydrogen) atoms. The van der Waals surface area contributed by atoms with Crippen molar-refractivity contribution in [3.63, 3.8) is 0 Å². The molecule has 0 bridgehead atoms. The molecular formula is C13H22Cl2N4O3S. The molecule has 1 fully saturated rings. The number of rotatable bonds is 6. The monoisotopic (exact) mass is 384 g/mol. The molecule has 0 atom stereocenters. The van der Waals surface area contributed by atoms with Crippen molar-refractivity contribution in [1.82, 2.24) is 20.3 Å². The van der Waals surface area contributed by atoms with E-state index in [4.69, 9.17) is 0 Å². The first-order valence-corrected chi connectivity index (χ1v) is 8.46. The van der Waals surface area contributed by atoms with Crippen LogP contribution in [0.15, 0.2) is 29.4 Å². The highest BCUT2D eigenvalue weighted by Crippen LogP contribution is 2.05. The summed E-state index contributed by atoms with van der Waals surface area (Å²) in [5.41, 5.74) is 0. The van der Waals surface area contributed by atoms with Gasteiger partial charge in [-0.1, -0.05) is 0 Å². The SMILES string of the molecule is Cl.Cl.O=C(CCNS(=O)(=O)c1cccnc1)NC1CCNCC1. The van der Waals surface area contributed by atoms with Gasteiger partial charge in [0.2, 0.25) is 15.9 Å². The number of nitrogens with one attached hydrogen (secondary N) is 3. The Balaban J connectivity index is 0.00000242. The van der Waals surface area contributed by atoms with Crippen molar-refractivity contribution in [2.24, 2.45) is 0 Å². The third-order valence-electron chi connectivity index (χ3n) is 3.29. The zero-order chi connectivity index (χ0) is 15.1. The number of halogens is 2. The first kappa shape index (κ1) is 22.1. The lowest BCUT2D eigenvalue weighted by Crippen LogP contribution is -2.43. The van der Waals surface area contributed by atoms with Crippen molar-refractivity contribution in [2.75, 3.05) is 19.6 Å². The lowest BCUT2D eigenvalue weighted by atomic mass is 10.1. The standard InChI is InChI=1S/C13H20N4O3S.2ClH/c18-13(17-11-3-7-14-8-4-11)5-9-16-21(19,20)12-2-1-6-15-10-12;;/h1-2,6,10-11,14,16H,3-5,7-9H2,(H,17,18);2*1H. The zero-order valence-electron chi connectivity index (χ0n) is 12.5. The van der Waals surface area contributed by atoms with Crippen LogP contribution in [0.25, 0.3) is 0 Å². The van der Waals surface area contributed by atoms with E-state index in [0.717, 1.165) is 25.9 Å². The molecule has 7 nitrogen and oxygen atoms in total. The van der Waals surface area contributed by atoms with Crippen molar-refractivity contribution in [2.45, 2.75) is 30.2 Å². The van der Waals surface area contributed by atoms with Crippen LogP contribution in [0.5, 0.6) is 0 Å². The van der Waals surface area contributed by atoms with E-state index in [1.165, 1.54) is 18.5 Å². The molecule has 0 spiro atoms.